The fraction of sp³-hybridized carbons (Fsp3) is 0.154. The molecule has 0 saturated carbocycles. The third kappa shape index (κ3) is 3.00. The van der Waals surface area contributed by atoms with Crippen LogP contribution in [0.15, 0.2) is 36.7 Å². The number of nitrogens with zero attached hydrogens (tertiary/aromatic N) is 3. The van der Waals surface area contributed by atoms with E-state index < -0.39 is 0 Å². The van der Waals surface area contributed by atoms with E-state index in [1.807, 2.05) is 30.3 Å². The first-order chi connectivity index (χ1) is 10.4. The molecule has 21 heavy (non-hydrogen) atoms. The molecular weight excluding hydrogens is 270 g/mol. The average molecular weight is 285 g/mol. The molecule has 1 aromatic carbocycles. The minimum absolute atomic E-state index is 0.00693. The van der Waals surface area contributed by atoms with Crippen LogP contribution in [0.2, 0.25) is 0 Å². The molecule has 2 aromatic heterocycles. The Balaban J connectivity index is 1.83. The predicted octanol–water partition coefficient (Wildman–Crippen LogP) is 1.20. The van der Waals surface area contributed by atoms with E-state index >= 15 is 0 Å². The molecule has 0 aliphatic rings. The molecule has 0 aliphatic carbocycles. The monoisotopic (exact) mass is 285 g/mol. The Morgan fingerprint density at radius 3 is 2.76 bits per heavy atom. The van der Waals surface area contributed by atoms with Gasteiger partial charge in [0.15, 0.2) is 11.5 Å². The van der Waals surface area contributed by atoms with Crippen molar-refractivity contribution < 1.29 is 5.11 Å². The number of anilines is 3. The SMILES string of the molecule is OCCNc1nc(NNc2ccccc2)c2[nH]cnc2n1. The van der Waals surface area contributed by atoms with Crippen LogP contribution in [-0.2, 0) is 0 Å². The summed E-state index contributed by atoms with van der Waals surface area (Å²) in [7, 11) is 0. The van der Waals surface area contributed by atoms with Crippen LogP contribution in [0.25, 0.3) is 11.2 Å². The molecule has 8 nitrogen and oxygen atoms in total. The topological polar surface area (TPSA) is 111 Å². The number of imidazole rings is 1. The largest absolute Gasteiger partial charge is 0.395 e. The summed E-state index contributed by atoms with van der Waals surface area (Å²) in [4.78, 5) is 15.7. The van der Waals surface area contributed by atoms with Gasteiger partial charge in [-0.25, -0.2) is 4.98 Å². The summed E-state index contributed by atoms with van der Waals surface area (Å²) in [5.74, 6) is 0.975. The number of fused-ring (bicyclic) bond motifs is 1. The summed E-state index contributed by atoms with van der Waals surface area (Å²) in [5.41, 5.74) is 8.25. The summed E-state index contributed by atoms with van der Waals surface area (Å²) >= 11 is 0. The van der Waals surface area contributed by atoms with Gasteiger partial charge in [0.1, 0.15) is 5.52 Å². The van der Waals surface area contributed by atoms with Crippen molar-refractivity contribution in [3.05, 3.63) is 36.7 Å². The van der Waals surface area contributed by atoms with Crippen molar-refractivity contribution in [3.63, 3.8) is 0 Å². The second kappa shape index (κ2) is 6.06. The molecule has 0 aliphatic heterocycles. The maximum atomic E-state index is 8.85. The minimum Gasteiger partial charge on any atom is -0.395 e. The molecule has 0 amide bonds. The number of aliphatic hydroxyl groups is 1. The van der Waals surface area contributed by atoms with Crippen LogP contribution in [-0.4, -0.2) is 38.2 Å². The molecule has 0 spiro atoms. The summed E-state index contributed by atoms with van der Waals surface area (Å²) < 4.78 is 0. The van der Waals surface area contributed by atoms with Crippen molar-refractivity contribution in [2.45, 2.75) is 0 Å². The number of aromatic nitrogens is 4. The zero-order valence-corrected chi connectivity index (χ0v) is 11.2. The van der Waals surface area contributed by atoms with Gasteiger partial charge in [0.2, 0.25) is 5.95 Å². The molecule has 108 valence electrons. The van der Waals surface area contributed by atoms with E-state index in [0.717, 1.165) is 5.69 Å². The first-order valence-corrected chi connectivity index (χ1v) is 6.50. The number of hydrogen-bond donors (Lipinski definition) is 5. The third-order valence-corrected chi connectivity index (χ3v) is 2.78. The first kappa shape index (κ1) is 13.1. The molecule has 0 radical (unpaired) electrons. The van der Waals surface area contributed by atoms with Crippen molar-refractivity contribution >= 4 is 28.6 Å². The molecule has 8 heteroatoms. The lowest BCUT2D eigenvalue weighted by molar-refractivity contribution is 0.311. The van der Waals surface area contributed by atoms with Crippen LogP contribution in [0.5, 0.6) is 0 Å². The van der Waals surface area contributed by atoms with Crippen molar-refractivity contribution in [3.8, 4) is 0 Å². The smallest absolute Gasteiger partial charge is 0.226 e. The number of para-hydroxylation sites is 1. The molecule has 3 aromatic rings. The Kier molecular flexibility index (Phi) is 3.79. The van der Waals surface area contributed by atoms with Gasteiger partial charge in [-0.05, 0) is 12.1 Å². The Morgan fingerprint density at radius 2 is 1.95 bits per heavy atom. The number of hydrazine groups is 1. The van der Waals surface area contributed by atoms with Gasteiger partial charge in [0, 0.05) is 6.54 Å². The van der Waals surface area contributed by atoms with Crippen molar-refractivity contribution in [2.24, 2.45) is 0 Å². The fourth-order valence-electron chi connectivity index (χ4n) is 1.82. The average Bonchev–Trinajstić information content (AvgIpc) is 3.00. The normalized spacial score (nSPS) is 10.5. The van der Waals surface area contributed by atoms with Gasteiger partial charge in [0.05, 0.1) is 18.6 Å². The third-order valence-electron chi connectivity index (χ3n) is 2.78. The maximum absolute atomic E-state index is 8.85. The molecule has 0 bridgehead atoms. The summed E-state index contributed by atoms with van der Waals surface area (Å²) in [6.45, 7) is 0.383. The van der Waals surface area contributed by atoms with E-state index in [1.54, 1.807) is 6.33 Å². The van der Waals surface area contributed by atoms with Gasteiger partial charge in [-0.3, -0.25) is 10.9 Å². The van der Waals surface area contributed by atoms with Gasteiger partial charge >= 0.3 is 0 Å². The van der Waals surface area contributed by atoms with Gasteiger partial charge in [-0.15, -0.1) is 0 Å². The lowest BCUT2D eigenvalue weighted by Crippen LogP contribution is -2.14. The zero-order valence-electron chi connectivity index (χ0n) is 11.2. The Bertz CT molecular complexity index is 713. The highest BCUT2D eigenvalue weighted by Gasteiger charge is 2.09. The number of benzene rings is 1. The van der Waals surface area contributed by atoms with E-state index in [2.05, 4.69) is 36.1 Å². The lowest BCUT2D eigenvalue weighted by atomic mass is 10.3. The van der Waals surface area contributed by atoms with E-state index in [9.17, 15) is 0 Å². The molecule has 5 N–H and O–H groups in total. The minimum atomic E-state index is 0.00693. The van der Waals surface area contributed by atoms with E-state index in [1.165, 1.54) is 0 Å². The van der Waals surface area contributed by atoms with Crippen LogP contribution < -0.4 is 16.2 Å². The van der Waals surface area contributed by atoms with Crippen LogP contribution >= 0.6 is 0 Å². The number of rotatable bonds is 6. The van der Waals surface area contributed by atoms with Gasteiger partial charge in [-0.2, -0.15) is 9.97 Å². The Morgan fingerprint density at radius 1 is 1.10 bits per heavy atom. The van der Waals surface area contributed by atoms with E-state index in [-0.39, 0.29) is 6.61 Å². The van der Waals surface area contributed by atoms with E-state index in [4.69, 9.17) is 5.11 Å². The second-order valence-electron chi connectivity index (χ2n) is 4.26. The number of aliphatic hydroxyl groups excluding tert-OH is 1. The number of aromatic amines is 1. The van der Waals surface area contributed by atoms with Crippen molar-refractivity contribution in [2.75, 3.05) is 29.3 Å². The molecule has 0 atom stereocenters. The van der Waals surface area contributed by atoms with Crippen LogP contribution in [0.4, 0.5) is 17.5 Å². The lowest BCUT2D eigenvalue weighted by Gasteiger charge is -2.11. The molecule has 0 fully saturated rings. The highest BCUT2D eigenvalue weighted by atomic mass is 16.3. The molecular formula is C13H15N7O. The van der Waals surface area contributed by atoms with Gasteiger partial charge in [-0.1, -0.05) is 18.2 Å². The maximum Gasteiger partial charge on any atom is 0.226 e. The predicted molar refractivity (Wildman–Crippen MR) is 80.9 cm³/mol. The number of nitrogens with one attached hydrogen (secondary N) is 4. The highest BCUT2D eigenvalue weighted by molar-refractivity contribution is 5.84. The standard InChI is InChI=1S/C13H15N7O/c21-7-6-14-13-17-11-10(15-8-16-11)12(18-13)20-19-9-4-2-1-3-5-9/h1-5,8,19,21H,6-7H2,(H3,14,15,16,17,18,20). The number of hydrogen-bond acceptors (Lipinski definition) is 7. The van der Waals surface area contributed by atoms with E-state index in [0.29, 0.717) is 29.5 Å². The molecule has 0 saturated heterocycles. The first-order valence-electron chi connectivity index (χ1n) is 6.50. The highest BCUT2D eigenvalue weighted by Crippen LogP contribution is 2.18. The Hall–Kier alpha value is -2.87. The van der Waals surface area contributed by atoms with Crippen molar-refractivity contribution in [1.29, 1.82) is 0 Å². The number of H-pyrrole nitrogens is 1. The summed E-state index contributed by atoms with van der Waals surface area (Å²) in [6.07, 6.45) is 1.56. The molecule has 2 heterocycles. The molecule has 3 rings (SSSR count). The Labute approximate surface area is 120 Å². The van der Waals surface area contributed by atoms with Gasteiger partial charge < -0.3 is 15.4 Å². The van der Waals surface area contributed by atoms with Crippen LogP contribution in [0.3, 0.4) is 0 Å². The summed E-state index contributed by atoms with van der Waals surface area (Å²) in [5, 5.41) is 11.8. The molecule has 0 unspecified atom stereocenters. The fourth-order valence-corrected chi connectivity index (χ4v) is 1.82. The quantitative estimate of drug-likeness (QED) is 0.433. The van der Waals surface area contributed by atoms with Crippen molar-refractivity contribution in [1.82, 2.24) is 19.9 Å². The summed E-state index contributed by atoms with van der Waals surface area (Å²) in [6, 6.07) is 9.68. The van der Waals surface area contributed by atoms with Gasteiger partial charge in [0.25, 0.3) is 0 Å². The van der Waals surface area contributed by atoms with Crippen LogP contribution in [0.1, 0.15) is 0 Å². The van der Waals surface area contributed by atoms with Crippen LogP contribution in [0, 0.1) is 0 Å². The zero-order chi connectivity index (χ0) is 14.5. The second-order valence-corrected chi connectivity index (χ2v) is 4.26.